The van der Waals surface area contributed by atoms with E-state index in [9.17, 15) is 9.59 Å². The minimum absolute atomic E-state index is 0.0852. The Hall–Kier alpha value is -3.35. The third-order valence-corrected chi connectivity index (χ3v) is 5.68. The average molecular weight is 403 g/mol. The summed E-state index contributed by atoms with van der Waals surface area (Å²) < 4.78 is 0. The van der Waals surface area contributed by atoms with Crippen molar-refractivity contribution in [1.82, 2.24) is 20.2 Å². The number of benzene rings is 2. The minimum Gasteiger partial charge on any atom is -0.326 e. The molecule has 1 aromatic heterocycles. The summed E-state index contributed by atoms with van der Waals surface area (Å²) in [6.07, 6.45) is 3.51. The van der Waals surface area contributed by atoms with E-state index in [1.165, 1.54) is 4.80 Å². The molecule has 7 heteroatoms. The lowest BCUT2D eigenvalue weighted by Gasteiger charge is -2.14. The van der Waals surface area contributed by atoms with Crippen molar-refractivity contribution >= 4 is 17.4 Å². The molecule has 1 amide bonds. The second-order valence-corrected chi connectivity index (χ2v) is 7.90. The van der Waals surface area contributed by atoms with Gasteiger partial charge >= 0.3 is 0 Å². The summed E-state index contributed by atoms with van der Waals surface area (Å²) in [5.74, 6) is 0.666. The molecule has 1 aliphatic carbocycles. The van der Waals surface area contributed by atoms with Crippen molar-refractivity contribution in [3.8, 4) is 11.4 Å². The number of ketones is 1. The van der Waals surface area contributed by atoms with E-state index in [-0.39, 0.29) is 17.7 Å². The molecule has 0 spiro atoms. The topological polar surface area (TPSA) is 89.8 Å². The number of carbonyl (C=O) groups is 2. The number of nitrogens with one attached hydrogen (secondary N) is 1. The van der Waals surface area contributed by atoms with Gasteiger partial charge in [-0.3, -0.25) is 9.59 Å². The maximum absolute atomic E-state index is 12.8. The Morgan fingerprint density at radius 1 is 1.23 bits per heavy atom. The van der Waals surface area contributed by atoms with E-state index < -0.39 is 0 Å². The predicted octanol–water partition coefficient (Wildman–Crippen LogP) is 3.53. The van der Waals surface area contributed by atoms with E-state index in [4.69, 9.17) is 0 Å². The quantitative estimate of drug-likeness (QED) is 0.680. The van der Waals surface area contributed by atoms with Crippen LogP contribution in [0.4, 0.5) is 5.69 Å². The van der Waals surface area contributed by atoms with Crippen LogP contribution in [0.3, 0.4) is 0 Å². The van der Waals surface area contributed by atoms with Gasteiger partial charge in [-0.05, 0) is 54.7 Å². The Morgan fingerprint density at radius 2 is 2.03 bits per heavy atom. The van der Waals surface area contributed by atoms with Gasteiger partial charge in [-0.25, -0.2) is 0 Å². The number of hydrogen-bond donors (Lipinski definition) is 1. The summed E-state index contributed by atoms with van der Waals surface area (Å²) in [6, 6.07) is 15.4. The van der Waals surface area contributed by atoms with E-state index in [0.29, 0.717) is 23.7 Å². The smallest absolute Gasteiger partial charge is 0.231 e. The van der Waals surface area contributed by atoms with Crippen LogP contribution in [0.15, 0.2) is 48.5 Å². The third-order valence-electron chi connectivity index (χ3n) is 5.68. The van der Waals surface area contributed by atoms with E-state index in [1.807, 2.05) is 55.5 Å². The van der Waals surface area contributed by atoms with Crippen LogP contribution in [-0.2, 0) is 23.1 Å². The van der Waals surface area contributed by atoms with Gasteiger partial charge in [0.2, 0.25) is 11.7 Å². The standard InChI is InChI=1S/C23H25N5O2/c1-15(17-11-9-16(10-12-17)13-18-5-4-8-21(18)29)23(30)24-20-7-3-6-19(14-20)22-25-27-28(2)26-22/h3,6-7,9-12,14-15,18H,4-5,8,13H2,1-2H3,(H,24,30)/t15-,18+/m1/s1. The fourth-order valence-corrected chi connectivity index (χ4v) is 3.87. The normalized spacial score (nSPS) is 17.1. The lowest BCUT2D eigenvalue weighted by Crippen LogP contribution is -2.19. The molecule has 154 valence electrons. The van der Waals surface area contributed by atoms with Gasteiger partial charge in [-0.2, -0.15) is 4.80 Å². The number of aryl methyl sites for hydroxylation is 1. The van der Waals surface area contributed by atoms with Crippen LogP contribution in [0.1, 0.15) is 43.2 Å². The lowest BCUT2D eigenvalue weighted by molar-refractivity contribution is -0.120. The number of rotatable bonds is 6. The molecule has 1 heterocycles. The number of anilines is 1. The fourth-order valence-electron chi connectivity index (χ4n) is 3.87. The van der Waals surface area contributed by atoms with Crippen molar-refractivity contribution in [1.29, 1.82) is 0 Å². The summed E-state index contributed by atoms with van der Waals surface area (Å²) in [5, 5.41) is 15.0. The zero-order chi connectivity index (χ0) is 21.1. The zero-order valence-corrected chi connectivity index (χ0v) is 17.2. The van der Waals surface area contributed by atoms with Crippen molar-refractivity contribution in [2.24, 2.45) is 13.0 Å². The van der Waals surface area contributed by atoms with Crippen molar-refractivity contribution in [3.05, 3.63) is 59.7 Å². The lowest BCUT2D eigenvalue weighted by atomic mass is 9.94. The highest BCUT2D eigenvalue weighted by molar-refractivity contribution is 5.96. The number of hydrogen-bond acceptors (Lipinski definition) is 5. The molecule has 2 aromatic carbocycles. The van der Waals surface area contributed by atoms with Crippen molar-refractivity contribution in [2.45, 2.75) is 38.5 Å². The minimum atomic E-state index is -0.300. The van der Waals surface area contributed by atoms with E-state index >= 15 is 0 Å². The van der Waals surface area contributed by atoms with Gasteiger partial charge in [0.05, 0.1) is 13.0 Å². The second-order valence-electron chi connectivity index (χ2n) is 7.90. The summed E-state index contributed by atoms with van der Waals surface area (Å²) in [4.78, 5) is 26.0. The molecule has 0 radical (unpaired) electrons. The van der Waals surface area contributed by atoms with Gasteiger partial charge in [0.25, 0.3) is 0 Å². The first kappa shape index (κ1) is 19.9. The van der Waals surface area contributed by atoms with Crippen LogP contribution in [-0.4, -0.2) is 31.9 Å². The van der Waals surface area contributed by atoms with E-state index in [2.05, 4.69) is 20.7 Å². The maximum Gasteiger partial charge on any atom is 0.231 e. The van der Waals surface area contributed by atoms with Crippen molar-refractivity contribution in [3.63, 3.8) is 0 Å². The SMILES string of the molecule is C[C@@H](C(=O)Nc1cccc(-c2nnn(C)n2)c1)c1ccc(C[C@@H]2CCCC2=O)cc1. The highest BCUT2D eigenvalue weighted by Gasteiger charge is 2.24. The Balaban J connectivity index is 1.40. The molecule has 4 rings (SSSR count). The molecule has 0 unspecified atom stereocenters. The number of tetrazole rings is 1. The van der Waals surface area contributed by atoms with Crippen LogP contribution in [0.5, 0.6) is 0 Å². The number of nitrogens with zero attached hydrogens (tertiary/aromatic N) is 4. The van der Waals surface area contributed by atoms with E-state index in [1.54, 1.807) is 7.05 Å². The number of amides is 1. The monoisotopic (exact) mass is 403 g/mol. The molecule has 7 nitrogen and oxygen atoms in total. The molecule has 2 atom stereocenters. The van der Waals surface area contributed by atoms with Crippen LogP contribution in [0.25, 0.3) is 11.4 Å². The van der Waals surface area contributed by atoms with Crippen LogP contribution in [0.2, 0.25) is 0 Å². The van der Waals surface area contributed by atoms with Crippen LogP contribution in [0, 0.1) is 5.92 Å². The van der Waals surface area contributed by atoms with Gasteiger partial charge in [0.1, 0.15) is 5.78 Å². The van der Waals surface area contributed by atoms with E-state index in [0.717, 1.165) is 36.0 Å². The van der Waals surface area contributed by atoms with Crippen LogP contribution >= 0.6 is 0 Å². The molecular formula is C23H25N5O2. The summed E-state index contributed by atoms with van der Waals surface area (Å²) >= 11 is 0. The second kappa shape index (κ2) is 8.57. The molecule has 1 fully saturated rings. The first-order valence-corrected chi connectivity index (χ1v) is 10.3. The van der Waals surface area contributed by atoms with Gasteiger partial charge in [0.15, 0.2) is 0 Å². The predicted molar refractivity (Wildman–Crippen MR) is 114 cm³/mol. The molecule has 1 N–H and O–H groups in total. The van der Waals surface area contributed by atoms with Gasteiger partial charge in [-0.15, -0.1) is 10.2 Å². The molecule has 1 aliphatic rings. The Bertz CT molecular complexity index is 1060. The molecule has 1 saturated carbocycles. The molecule has 3 aromatic rings. The molecule has 0 bridgehead atoms. The molecule has 30 heavy (non-hydrogen) atoms. The highest BCUT2D eigenvalue weighted by atomic mass is 16.2. The van der Waals surface area contributed by atoms with Gasteiger partial charge in [-0.1, -0.05) is 36.4 Å². The first-order valence-electron chi connectivity index (χ1n) is 10.3. The Morgan fingerprint density at radius 3 is 2.70 bits per heavy atom. The highest BCUT2D eigenvalue weighted by Crippen LogP contribution is 2.26. The molecule has 0 aliphatic heterocycles. The molecule has 0 saturated heterocycles. The van der Waals surface area contributed by atoms with Crippen molar-refractivity contribution < 1.29 is 9.59 Å². The largest absolute Gasteiger partial charge is 0.326 e. The maximum atomic E-state index is 12.8. The average Bonchev–Trinajstić information content (AvgIpc) is 3.36. The summed E-state index contributed by atoms with van der Waals surface area (Å²) in [6.45, 7) is 1.89. The number of Topliss-reactive ketones (excluding diaryl/α,β-unsaturated/α-hetero) is 1. The number of aromatic nitrogens is 4. The zero-order valence-electron chi connectivity index (χ0n) is 17.2. The summed E-state index contributed by atoms with van der Waals surface area (Å²) in [7, 11) is 1.71. The van der Waals surface area contributed by atoms with Crippen LogP contribution < -0.4 is 5.32 Å². The molecular weight excluding hydrogens is 378 g/mol. The van der Waals surface area contributed by atoms with Gasteiger partial charge in [0, 0.05) is 23.6 Å². The number of carbonyl (C=O) groups excluding carboxylic acids is 2. The van der Waals surface area contributed by atoms with Gasteiger partial charge < -0.3 is 5.32 Å². The third kappa shape index (κ3) is 4.45. The summed E-state index contributed by atoms with van der Waals surface area (Å²) in [5.41, 5.74) is 3.57. The Kier molecular flexibility index (Phi) is 5.70. The fraction of sp³-hybridized carbons (Fsp3) is 0.348. The first-order chi connectivity index (χ1) is 14.5. The van der Waals surface area contributed by atoms with Crippen molar-refractivity contribution in [2.75, 3.05) is 5.32 Å². The Labute approximate surface area is 175 Å².